The van der Waals surface area contributed by atoms with Gasteiger partial charge in [-0.05, 0) is 42.7 Å². The lowest BCUT2D eigenvalue weighted by Gasteiger charge is -2.33. The molecule has 0 bridgehead atoms. The van der Waals surface area contributed by atoms with Crippen LogP contribution in [-0.2, 0) is 5.54 Å². The van der Waals surface area contributed by atoms with E-state index >= 15 is 0 Å². The summed E-state index contributed by atoms with van der Waals surface area (Å²) in [7, 11) is 0. The zero-order chi connectivity index (χ0) is 16.9. The molecule has 0 spiro atoms. The molecule has 23 heavy (non-hydrogen) atoms. The summed E-state index contributed by atoms with van der Waals surface area (Å²) in [6, 6.07) is 6.37. The van der Waals surface area contributed by atoms with E-state index in [0.717, 1.165) is 5.56 Å². The molecule has 0 atom stereocenters. The number of hydrogen-bond donors (Lipinski definition) is 2. The number of carboxylic acid groups (broad SMARTS) is 1. The van der Waals surface area contributed by atoms with Crippen LogP contribution in [0.5, 0.6) is 0 Å². The van der Waals surface area contributed by atoms with Gasteiger partial charge in [0.05, 0.1) is 11.1 Å². The number of nitrogens with zero attached hydrogens (tertiary/aromatic N) is 2. The molecule has 2 rings (SSSR count). The van der Waals surface area contributed by atoms with Crippen molar-refractivity contribution in [3.63, 3.8) is 0 Å². The SMILES string of the molecule is CCC(CC)(NC(=O)c1cc(C(=O)O)ccn1)c1ccncc1. The second kappa shape index (κ2) is 7.00. The smallest absolute Gasteiger partial charge is 0.335 e. The predicted octanol–water partition coefficient (Wildman–Crippen LogP) is 2.62. The molecule has 0 fully saturated rings. The number of rotatable bonds is 6. The molecular formula is C17H19N3O3. The van der Waals surface area contributed by atoms with Crippen molar-refractivity contribution in [1.82, 2.24) is 15.3 Å². The topological polar surface area (TPSA) is 92.2 Å². The number of aromatic carboxylic acids is 1. The van der Waals surface area contributed by atoms with E-state index in [4.69, 9.17) is 5.11 Å². The molecule has 2 heterocycles. The molecule has 0 unspecified atom stereocenters. The van der Waals surface area contributed by atoms with E-state index < -0.39 is 17.4 Å². The Morgan fingerprint density at radius 1 is 1.13 bits per heavy atom. The lowest BCUT2D eigenvalue weighted by molar-refractivity contribution is 0.0696. The van der Waals surface area contributed by atoms with Crippen molar-refractivity contribution >= 4 is 11.9 Å². The highest BCUT2D eigenvalue weighted by Crippen LogP contribution is 2.28. The molecule has 0 aromatic carbocycles. The van der Waals surface area contributed by atoms with Crippen LogP contribution in [0.4, 0.5) is 0 Å². The van der Waals surface area contributed by atoms with Gasteiger partial charge in [0.25, 0.3) is 5.91 Å². The van der Waals surface area contributed by atoms with Gasteiger partial charge in [-0.1, -0.05) is 13.8 Å². The third-order valence-electron chi connectivity index (χ3n) is 4.03. The van der Waals surface area contributed by atoms with Crippen LogP contribution in [0.2, 0.25) is 0 Å². The fourth-order valence-electron chi connectivity index (χ4n) is 2.55. The van der Waals surface area contributed by atoms with Gasteiger partial charge in [-0.3, -0.25) is 14.8 Å². The average Bonchev–Trinajstić information content (AvgIpc) is 2.60. The van der Waals surface area contributed by atoms with Gasteiger partial charge in [0, 0.05) is 18.6 Å². The van der Waals surface area contributed by atoms with Crippen LogP contribution in [0, 0.1) is 0 Å². The van der Waals surface area contributed by atoms with E-state index in [2.05, 4.69) is 15.3 Å². The van der Waals surface area contributed by atoms with Crippen LogP contribution in [0.15, 0.2) is 42.9 Å². The van der Waals surface area contributed by atoms with Crippen LogP contribution in [0.25, 0.3) is 0 Å². The van der Waals surface area contributed by atoms with Gasteiger partial charge in [-0.2, -0.15) is 0 Å². The van der Waals surface area contributed by atoms with Crippen molar-refractivity contribution in [2.45, 2.75) is 32.2 Å². The maximum atomic E-state index is 12.5. The summed E-state index contributed by atoms with van der Waals surface area (Å²) < 4.78 is 0. The van der Waals surface area contributed by atoms with Crippen LogP contribution >= 0.6 is 0 Å². The molecule has 0 aliphatic carbocycles. The van der Waals surface area contributed by atoms with Gasteiger partial charge < -0.3 is 10.4 Å². The van der Waals surface area contributed by atoms with Gasteiger partial charge in [0.2, 0.25) is 0 Å². The van der Waals surface area contributed by atoms with Crippen molar-refractivity contribution in [2.24, 2.45) is 0 Å². The van der Waals surface area contributed by atoms with Crippen molar-refractivity contribution < 1.29 is 14.7 Å². The third-order valence-corrected chi connectivity index (χ3v) is 4.03. The number of carbonyl (C=O) groups is 2. The highest BCUT2D eigenvalue weighted by atomic mass is 16.4. The lowest BCUT2D eigenvalue weighted by atomic mass is 9.85. The Morgan fingerprint density at radius 3 is 2.35 bits per heavy atom. The summed E-state index contributed by atoms with van der Waals surface area (Å²) in [6.45, 7) is 3.98. The minimum absolute atomic E-state index is 0.0349. The molecule has 1 amide bonds. The van der Waals surface area contributed by atoms with Crippen molar-refractivity contribution in [2.75, 3.05) is 0 Å². The van der Waals surface area contributed by atoms with Crippen molar-refractivity contribution in [3.05, 3.63) is 59.7 Å². The first kappa shape index (κ1) is 16.6. The van der Waals surface area contributed by atoms with Gasteiger partial charge in [-0.25, -0.2) is 4.79 Å². The first-order valence-corrected chi connectivity index (χ1v) is 7.44. The molecule has 0 saturated heterocycles. The monoisotopic (exact) mass is 313 g/mol. The Bertz CT molecular complexity index is 697. The molecule has 6 nitrogen and oxygen atoms in total. The standard InChI is InChI=1S/C17H19N3O3/c1-3-17(4-2,13-6-8-18-9-7-13)20-15(21)14-11-12(16(22)23)5-10-19-14/h5-11H,3-4H2,1-2H3,(H,20,21)(H,22,23). The van der Waals surface area contributed by atoms with Gasteiger partial charge >= 0.3 is 5.97 Å². The maximum Gasteiger partial charge on any atom is 0.335 e. The first-order chi connectivity index (χ1) is 11.0. The maximum absolute atomic E-state index is 12.5. The minimum Gasteiger partial charge on any atom is -0.478 e. The summed E-state index contributed by atoms with van der Waals surface area (Å²) in [4.78, 5) is 31.6. The van der Waals surface area contributed by atoms with Crippen LogP contribution in [0.1, 0.15) is 53.1 Å². The van der Waals surface area contributed by atoms with Gasteiger partial charge in [0.15, 0.2) is 0 Å². The van der Waals surface area contributed by atoms with Crippen LogP contribution in [-0.4, -0.2) is 27.0 Å². The van der Waals surface area contributed by atoms with Crippen LogP contribution in [0.3, 0.4) is 0 Å². The largest absolute Gasteiger partial charge is 0.478 e. The Labute approximate surface area is 134 Å². The number of amides is 1. The first-order valence-electron chi connectivity index (χ1n) is 7.44. The minimum atomic E-state index is -1.09. The molecule has 0 aliphatic rings. The highest BCUT2D eigenvalue weighted by Gasteiger charge is 2.31. The number of carboxylic acids is 1. The van der Waals surface area contributed by atoms with E-state index in [1.165, 1.54) is 18.3 Å². The molecule has 0 aliphatic heterocycles. The normalized spacial score (nSPS) is 11.0. The number of nitrogens with one attached hydrogen (secondary N) is 1. The quantitative estimate of drug-likeness (QED) is 0.855. The molecule has 2 aromatic rings. The van der Waals surface area contributed by atoms with Crippen molar-refractivity contribution in [3.8, 4) is 0 Å². The number of pyridine rings is 2. The van der Waals surface area contributed by atoms with Crippen LogP contribution < -0.4 is 5.32 Å². The molecule has 2 aromatic heterocycles. The van der Waals surface area contributed by atoms with Gasteiger partial charge in [-0.15, -0.1) is 0 Å². The molecule has 6 heteroatoms. The Morgan fingerprint density at radius 2 is 1.78 bits per heavy atom. The number of carbonyl (C=O) groups excluding carboxylic acids is 1. The molecular weight excluding hydrogens is 294 g/mol. The molecule has 120 valence electrons. The Kier molecular flexibility index (Phi) is 5.05. The Hall–Kier alpha value is -2.76. The summed E-state index contributed by atoms with van der Waals surface area (Å²) in [6.07, 6.45) is 6.08. The van der Waals surface area contributed by atoms with E-state index in [1.807, 2.05) is 26.0 Å². The molecule has 0 saturated carbocycles. The number of aromatic nitrogens is 2. The predicted molar refractivity (Wildman–Crippen MR) is 85.2 cm³/mol. The number of hydrogen-bond acceptors (Lipinski definition) is 4. The van der Waals surface area contributed by atoms with Crippen molar-refractivity contribution in [1.29, 1.82) is 0 Å². The van der Waals surface area contributed by atoms with E-state index in [9.17, 15) is 9.59 Å². The fourth-order valence-corrected chi connectivity index (χ4v) is 2.55. The third kappa shape index (κ3) is 3.53. The fraction of sp³-hybridized carbons (Fsp3) is 0.294. The molecule has 2 N–H and O–H groups in total. The summed E-state index contributed by atoms with van der Waals surface area (Å²) >= 11 is 0. The second-order valence-electron chi connectivity index (χ2n) is 5.21. The summed E-state index contributed by atoms with van der Waals surface area (Å²) in [5, 5.41) is 12.0. The summed E-state index contributed by atoms with van der Waals surface area (Å²) in [5.41, 5.74) is 0.541. The average molecular weight is 313 g/mol. The van der Waals surface area contributed by atoms with E-state index in [-0.39, 0.29) is 11.3 Å². The van der Waals surface area contributed by atoms with E-state index in [0.29, 0.717) is 12.8 Å². The zero-order valence-corrected chi connectivity index (χ0v) is 13.1. The highest BCUT2D eigenvalue weighted by molar-refractivity contribution is 5.96. The zero-order valence-electron chi connectivity index (χ0n) is 13.1. The summed E-state index contributed by atoms with van der Waals surface area (Å²) in [5.74, 6) is -1.48. The lowest BCUT2D eigenvalue weighted by Crippen LogP contribution is -2.45. The Balaban J connectivity index is 2.32. The van der Waals surface area contributed by atoms with Gasteiger partial charge in [0.1, 0.15) is 5.69 Å². The van der Waals surface area contributed by atoms with E-state index in [1.54, 1.807) is 12.4 Å². The molecule has 0 radical (unpaired) electrons. The second-order valence-corrected chi connectivity index (χ2v) is 5.21.